The van der Waals surface area contributed by atoms with Gasteiger partial charge in [-0.05, 0) is 43.2 Å². The Kier molecular flexibility index (Phi) is 7.54. The number of benzene rings is 2. The summed E-state index contributed by atoms with van der Waals surface area (Å²) in [5.74, 6) is -0.381. The number of carbonyl (C=O) groups is 2. The summed E-state index contributed by atoms with van der Waals surface area (Å²) in [7, 11) is -4.11. The molecule has 1 aliphatic rings. The number of hydrogen-bond donors (Lipinski definition) is 3. The van der Waals surface area contributed by atoms with E-state index in [1.165, 1.54) is 12.1 Å². The minimum atomic E-state index is -4.11. The maximum atomic E-state index is 12.3. The Hall–Kier alpha value is -3.31. The molecule has 11 heteroatoms. The Balaban J connectivity index is 1.48. The maximum Gasteiger partial charge on any atom is 0.289 e. The van der Waals surface area contributed by atoms with Crippen LogP contribution in [-0.2, 0) is 14.8 Å². The van der Waals surface area contributed by atoms with Crippen molar-refractivity contribution < 1.29 is 22.9 Å². The smallest absolute Gasteiger partial charge is 0.289 e. The van der Waals surface area contributed by atoms with Crippen molar-refractivity contribution in [3.05, 3.63) is 64.2 Å². The second-order valence-electron chi connectivity index (χ2n) is 7.43. The van der Waals surface area contributed by atoms with E-state index in [2.05, 4.69) is 15.4 Å². The molecule has 3 N–H and O–H groups in total. The van der Waals surface area contributed by atoms with Crippen LogP contribution < -0.4 is 15.4 Å². The van der Waals surface area contributed by atoms with E-state index in [1.54, 1.807) is 24.3 Å². The van der Waals surface area contributed by atoms with Crippen LogP contribution >= 0.6 is 0 Å². The zero-order valence-corrected chi connectivity index (χ0v) is 18.1. The molecule has 32 heavy (non-hydrogen) atoms. The van der Waals surface area contributed by atoms with Crippen molar-refractivity contribution in [2.75, 3.05) is 18.4 Å². The van der Waals surface area contributed by atoms with Gasteiger partial charge in [0, 0.05) is 36.3 Å². The zero-order chi connectivity index (χ0) is 23.1. The van der Waals surface area contributed by atoms with E-state index in [4.69, 9.17) is 0 Å². The molecule has 10 nitrogen and oxygen atoms in total. The summed E-state index contributed by atoms with van der Waals surface area (Å²) in [6, 6.07) is 11.4. The highest BCUT2D eigenvalue weighted by Crippen LogP contribution is 2.26. The topological polar surface area (TPSA) is 148 Å². The Labute approximate surface area is 185 Å². The summed E-state index contributed by atoms with van der Waals surface area (Å²) in [5.41, 5.74) is 0.435. The number of nitro benzene ring substituents is 1. The van der Waals surface area contributed by atoms with E-state index < -0.39 is 31.4 Å². The molecule has 0 atom stereocenters. The van der Waals surface area contributed by atoms with E-state index in [-0.39, 0.29) is 24.9 Å². The summed E-state index contributed by atoms with van der Waals surface area (Å²) in [4.78, 5) is 34.2. The number of carbonyl (C=O) groups excluding carboxylic acids is 2. The molecule has 2 aromatic rings. The lowest BCUT2D eigenvalue weighted by atomic mass is 10.1. The minimum Gasteiger partial charge on any atom is -0.351 e. The summed E-state index contributed by atoms with van der Waals surface area (Å²) >= 11 is 0. The van der Waals surface area contributed by atoms with Crippen LogP contribution in [0.5, 0.6) is 0 Å². The van der Waals surface area contributed by atoms with Crippen LogP contribution in [0.3, 0.4) is 0 Å². The number of anilines is 1. The van der Waals surface area contributed by atoms with Gasteiger partial charge in [-0.25, -0.2) is 13.1 Å². The number of hydrogen-bond acceptors (Lipinski definition) is 6. The molecule has 1 fully saturated rings. The molecule has 0 unspecified atom stereocenters. The molecule has 0 saturated heterocycles. The molecule has 0 aromatic heterocycles. The van der Waals surface area contributed by atoms with E-state index in [9.17, 15) is 28.1 Å². The van der Waals surface area contributed by atoms with Gasteiger partial charge in [0.05, 0.1) is 4.92 Å². The molecular weight excluding hydrogens is 436 g/mol. The molecule has 0 heterocycles. The van der Waals surface area contributed by atoms with E-state index >= 15 is 0 Å². The molecule has 0 radical (unpaired) electrons. The summed E-state index contributed by atoms with van der Waals surface area (Å²) in [6.07, 6.45) is 3.92. The number of sulfonamides is 1. The fraction of sp³-hybridized carbons (Fsp3) is 0.333. The van der Waals surface area contributed by atoms with Gasteiger partial charge in [0.1, 0.15) is 0 Å². The van der Waals surface area contributed by atoms with Crippen LogP contribution in [0, 0.1) is 16.0 Å². The van der Waals surface area contributed by atoms with Crippen molar-refractivity contribution in [2.24, 2.45) is 5.92 Å². The third-order valence-electron chi connectivity index (χ3n) is 5.19. The largest absolute Gasteiger partial charge is 0.351 e. The number of rotatable bonds is 9. The number of nitrogens with zero attached hydrogens (tertiary/aromatic N) is 1. The van der Waals surface area contributed by atoms with Crippen LogP contribution in [0.2, 0.25) is 0 Å². The van der Waals surface area contributed by atoms with Crippen molar-refractivity contribution in [1.29, 1.82) is 0 Å². The molecule has 0 bridgehead atoms. The summed E-state index contributed by atoms with van der Waals surface area (Å²) < 4.78 is 26.9. The Bertz CT molecular complexity index is 1100. The third kappa shape index (κ3) is 5.89. The Morgan fingerprint density at radius 1 is 1.00 bits per heavy atom. The summed E-state index contributed by atoms with van der Waals surface area (Å²) in [6.45, 7) is -0.158. The predicted octanol–water partition coefficient (Wildman–Crippen LogP) is 2.43. The first kappa shape index (κ1) is 23.4. The molecule has 170 valence electrons. The Morgan fingerprint density at radius 3 is 2.31 bits per heavy atom. The van der Waals surface area contributed by atoms with E-state index in [0.717, 1.165) is 37.8 Å². The first-order chi connectivity index (χ1) is 15.3. The van der Waals surface area contributed by atoms with Crippen molar-refractivity contribution in [1.82, 2.24) is 10.0 Å². The highest BCUT2D eigenvalue weighted by molar-refractivity contribution is 7.89. The number of nitrogens with one attached hydrogen (secondary N) is 3. The average molecular weight is 461 g/mol. The van der Waals surface area contributed by atoms with Crippen molar-refractivity contribution in [2.45, 2.75) is 30.6 Å². The predicted molar refractivity (Wildman–Crippen MR) is 118 cm³/mol. The van der Waals surface area contributed by atoms with Gasteiger partial charge >= 0.3 is 0 Å². The fourth-order valence-electron chi connectivity index (χ4n) is 3.51. The number of nitro groups is 1. The molecule has 0 aliphatic heterocycles. The van der Waals surface area contributed by atoms with Gasteiger partial charge in [-0.15, -0.1) is 0 Å². The normalized spacial score (nSPS) is 14.1. The van der Waals surface area contributed by atoms with Gasteiger partial charge in [-0.3, -0.25) is 19.7 Å². The second-order valence-corrected chi connectivity index (χ2v) is 9.16. The monoisotopic (exact) mass is 460 g/mol. The first-order valence-corrected chi connectivity index (χ1v) is 11.7. The quantitative estimate of drug-likeness (QED) is 0.297. The molecule has 2 amide bonds. The van der Waals surface area contributed by atoms with Gasteiger partial charge in [-0.1, -0.05) is 25.0 Å². The van der Waals surface area contributed by atoms with Crippen molar-refractivity contribution in [3.8, 4) is 0 Å². The van der Waals surface area contributed by atoms with Gasteiger partial charge in [0.15, 0.2) is 4.90 Å². The molecule has 0 spiro atoms. The van der Waals surface area contributed by atoms with Crippen LogP contribution in [0.4, 0.5) is 11.4 Å². The maximum absolute atomic E-state index is 12.3. The zero-order valence-electron chi connectivity index (χ0n) is 17.2. The van der Waals surface area contributed by atoms with Gasteiger partial charge < -0.3 is 10.6 Å². The Morgan fingerprint density at radius 2 is 1.66 bits per heavy atom. The highest BCUT2D eigenvalue weighted by Gasteiger charge is 2.25. The van der Waals surface area contributed by atoms with Crippen LogP contribution in [0.1, 0.15) is 36.0 Å². The van der Waals surface area contributed by atoms with Crippen LogP contribution in [-0.4, -0.2) is 38.2 Å². The number of amides is 2. The molecule has 2 aromatic carbocycles. The standard InChI is InChI=1S/C21H24N4O6S/c26-20(16-9-11-17(12-10-16)24-21(27)15-5-1-2-6-15)22-13-14-23-32(30,31)19-8-4-3-7-18(19)25(28)29/h3-4,7-12,15,23H,1-2,5-6,13-14H2,(H,22,26)(H,24,27). The van der Waals surface area contributed by atoms with Crippen molar-refractivity contribution in [3.63, 3.8) is 0 Å². The van der Waals surface area contributed by atoms with Crippen LogP contribution in [0.25, 0.3) is 0 Å². The lowest BCUT2D eigenvalue weighted by Gasteiger charge is -2.11. The SMILES string of the molecule is O=C(NCCNS(=O)(=O)c1ccccc1[N+](=O)[O-])c1ccc(NC(=O)C2CCCC2)cc1. The first-order valence-electron chi connectivity index (χ1n) is 10.2. The minimum absolute atomic E-state index is 0.00867. The average Bonchev–Trinajstić information content (AvgIpc) is 3.32. The highest BCUT2D eigenvalue weighted by atomic mass is 32.2. The van der Waals surface area contributed by atoms with Gasteiger partial charge in [-0.2, -0.15) is 0 Å². The summed E-state index contributed by atoms with van der Waals surface area (Å²) in [5, 5.41) is 16.5. The molecule has 1 saturated carbocycles. The fourth-order valence-corrected chi connectivity index (χ4v) is 4.72. The van der Waals surface area contributed by atoms with E-state index in [0.29, 0.717) is 11.3 Å². The van der Waals surface area contributed by atoms with E-state index in [1.807, 2.05) is 0 Å². The second kappa shape index (κ2) is 10.3. The lowest BCUT2D eigenvalue weighted by Crippen LogP contribution is -2.34. The number of para-hydroxylation sites is 1. The van der Waals surface area contributed by atoms with Gasteiger partial charge in [0.25, 0.3) is 11.6 Å². The van der Waals surface area contributed by atoms with Crippen molar-refractivity contribution >= 4 is 33.2 Å². The molecular formula is C21H24N4O6S. The van der Waals surface area contributed by atoms with Crippen LogP contribution in [0.15, 0.2) is 53.4 Å². The molecule has 1 aliphatic carbocycles. The third-order valence-corrected chi connectivity index (χ3v) is 6.70. The lowest BCUT2D eigenvalue weighted by molar-refractivity contribution is -0.387. The van der Waals surface area contributed by atoms with Gasteiger partial charge in [0.2, 0.25) is 15.9 Å². The molecule has 3 rings (SSSR count).